The molecule has 1 aromatic rings. The molecule has 0 radical (unpaired) electrons. The monoisotopic (exact) mass is 355 g/mol. The van der Waals surface area contributed by atoms with Gasteiger partial charge in [-0.1, -0.05) is 81.0 Å². The third kappa shape index (κ3) is 4.66. The number of ether oxygens (including phenoxy) is 1. The minimum Gasteiger partial charge on any atom is -0.374 e. The molecule has 1 fully saturated rings. The maximum absolute atomic E-state index is 6.15. The molecule has 0 bridgehead atoms. The molecule has 134 valence electrons. The number of benzene rings is 1. The van der Waals surface area contributed by atoms with Crippen molar-refractivity contribution in [1.82, 2.24) is 5.32 Å². The van der Waals surface area contributed by atoms with Crippen molar-refractivity contribution in [3.8, 4) is 0 Å². The highest BCUT2D eigenvalue weighted by atomic mass is 32.2. The smallest absolute Gasteiger partial charge is 0.0862 e. The van der Waals surface area contributed by atoms with Gasteiger partial charge in [-0.25, -0.2) is 0 Å². The Morgan fingerprint density at radius 3 is 2.80 bits per heavy atom. The number of rotatable bonds is 6. The van der Waals surface area contributed by atoms with E-state index < -0.39 is 0 Å². The molecule has 1 saturated heterocycles. The zero-order valence-electron chi connectivity index (χ0n) is 15.3. The molecule has 2 aliphatic rings. The highest BCUT2D eigenvalue weighted by Gasteiger charge is 2.33. The highest BCUT2D eigenvalue weighted by molar-refractivity contribution is 8.03. The van der Waals surface area contributed by atoms with Crippen LogP contribution in [-0.2, 0) is 4.74 Å². The molecule has 0 amide bonds. The number of hydrogen-bond donors (Lipinski definition) is 1. The average Bonchev–Trinajstić information content (AvgIpc) is 2.83. The Labute approximate surface area is 156 Å². The number of hydrogen-bond acceptors (Lipinski definition) is 3. The van der Waals surface area contributed by atoms with Crippen LogP contribution in [0.1, 0.15) is 37.5 Å². The van der Waals surface area contributed by atoms with E-state index in [1.807, 2.05) is 11.8 Å². The first-order chi connectivity index (χ1) is 12.2. The maximum Gasteiger partial charge on any atom is 0.0862 e. The Morgan fingerprint density at radius 2 is 2.08 bits per heavy atom. The Kier molecular flexibility index (Phi) is 6.57. The minimum atomic E-state index is 0.0953. The van der Waals surface area contributed by atoms with Crippen molar-refractivity contribution >= 4 is 11.8 Å². The van der Waals surface area contributed by atoms with Gasteiger partial charge in [0.15, 0.2) is 0 Å². The quantitative estimate of drug-likeness (QED) is 0.751. The molecule has 1 N–H and O–H groups in total. The van der Waals surface area contributed by atoms with Gasteiger partial charge >= 0.3 is 0 Å². The second-order valence-electron chi connectivity index (χ2n) is 7.00. The van der Waals surface area contributed by atoms with Gasteiger partial charge in [-0.05, 0) is 16.9 Å². The summed E-state index contributed by atoms with van der Waals surface area (Å²) in [4.78, 5) is 1.43. The van der Waals surface area contributed by atoms with Gasteiger partial charge < -0.3 is 10.1 Å². The van der Waals surface area contributed by atoms with Crippen LogP contribution in [0.2, 0.25) is 0 Å². The third-order valence-corrected chi connectivity index (χ3v) is 6.63. The Balaban J connectivity index is 1.89. The molecule has 1 unspecified atom stereocenters. The zero-order valence-corrected chi connectivity index (χ0v) is 16.1. The van der Waals surface area contributed by atoms with E-state index in [0.29, 0.717) is 5.25 Å². The molecule has 2 nitrogen and oxygen atoms in total. The summed E-state index contributed by atoms with van der Waals surface area (Å²) in [5.41, 5.74) is 1.44. The van der Waals surface area contributed by atoms with Crippen LogP contribution >= 0.6 is 11.8 Å². The standard InChI is InChI=1S/C22H29NOS/c1-3-13-22(2)14-9-5-8-12-20(22)25-21(18-10-6-4-7-11-18)19-17-23-15-16-24-19/h4-12,14,19,21,23H,3,13,15-17H2,1-2H3/t19-,21-,22?/m0/s1. The largest absolute Gasteiger partial charge is 0.374 e. The van der Waals surface area contributed by atoms with Gasteiger partial charge in [0.1, 0.15) is 0 Å². The molecule has 1 heterocycles. The van der Waals surface area contributed by atoms with E-state index in [2.05, 4.69) is 79.9 Å². The number of thioether (sulfide) groups is 1. The SMILES string of the molecule is CCCC1(C)C=CC=CC=C1S[C@@H](c1ccccc1)[C@@H]1CNCCO1. The van der Waals surface area contributed by atoms with Crippen molar-refractivity contribution < 1.29 is 4.74 Å². The van der Waals surface area contributed by atoms with Crippen LogP contribution < -0.4 is 5.32 Å². The lowest BCUT2D eigenvalue weighted by molar-refractivity contribution is 0.0273. The van der Waals surface area contributed by atoms with Crippen molar-refractivity contribution in [2.75, 3.05) is 19.7 Å². The lowest BCUT2D eigenvalue weighted by atomic mass is 9.85. The summed E-state index contributed by atoms with van der Waals surface area (Å²) in [7, 11) is 0. The molecule has 3 atom stereocenters. The molecule has 1 aromatic carbocycles. The molecular formula is C22H29NOS. The number of nitrogens with one attached hydrogen (secondary N) is 1. The van der Waals surface area contributed by atoms with Crippen LogP contribution in [-0.4, -0.2) is 25.8 Å². The Morgan fingerprint density at radius 1 is 1.24 bits per heavy atom. The van der Waals surface area contributed by atoms with E-state index in [4.69, 9.17) is 4.74 Å². The van der Waals surface area contributed by atoms with E-state index in [1.54, 1.807) is 0 Å². The van der Waals surface area contributed by atoms with Crippen molar-refractivity contribution in [3.05, 3.63) is 71.2 Å². The lowest BCUT2D eigenvalue weighted by Gasteiger charge is -2.35. The van der Waals surface area contributed by atoms with Crippen LogP contribution in [0.25, 0.3) is 0 Å². The second kappa shape index (κ2) is 8.88. The summed E-state index contributed by atoms with van der Waals surface area (Å²) < 4.78 is 6.15. The predicted octanol–water partition coefficient (Wildman–Crippen LogP) is 5.27. The van der Waals surface area contributed by atoms with Crippen molar-refractivity contribution in [1.29, 1.82) is 0 Å². The minimum absolute atomic E-state index is 0.0953. The molecule has 0 spiro atoms. The molecule has 25 heavy (non-hydrogen) atoms. The second-order valence-corrected chi connectivity index (χ2v) is 8.19. The van der Waals surface area contributed by atoms with Crippen molar-refractivity contribution in [2.45, 2.75) is 38.0 Å². The fraction of sp³-hybridized carbons (Fsp3) is 0.455. The van der Waals surface area contributed by atoms with Crippen LogP contribution in [0.3, 0.4) is 0 Å². The summed E-state index contributed by atoms with van der Waals surface area (Å²) in [5.74, 6) is 0. The van der Waals surface area contributed by atoms with E-state index in [9.17, 15) is 0 Å². The van der Waals surface area contributed by atoms with Gasteiger partial charge in [-0.3, -0.25) is 0 Å². The first-order valence-electron chi connectivity index (χ1n) is 9.33. The molecule has 0 aromatic heterocycles. The molecule has 3 rings (SSSR count). The van der Waals surface area contributed by atoms with Crippen LogP contribution in [0.4, 0.5) is 0 Å². The number of morpholine rings is 1. The Hall–Kier alpha value is -1.29. The fourth-order valence-corrected chi connectivity index (χ4v) is 5.06. The van der Waals surface area contributed by atoms with Gasteiger partial charge in [-0.2, -0.15) is 0 Å². The van der Waals surface area contributed by atoms with Gasteiger partial charge in [0.2, 0.25) is 0 Å². The van der Waals surface area contributed by atoms with E-state index >= 15 is 0 Å². The summed E-state index contributed by atoms with van der Waals surface area (Å²) in [6.45, 7) is 7.28. The van der Waals surface area contributed by atoms with E-state index in [-0.39, 0.29) is 11.5 Å². The first kappa shape index (κ1) is 18.5. The molecule has 3 heteroatoms. The van der Waals surface area contributed by atoms with E-state index in [1.165, 1.54) is 16.9 Å². The van der Waals surface area contributed by atoms with Gasteiger partial charge in [0.25, 0.3) is 0 Å². The van der Waals surface area contributed by atoms with Gasteiger partial charge in [-0.15, -0.1) is 11.8 Å². The third-order valence-electron chi connectivity index (χ3n) is 4.94. The maximum atomic E-state index is 6.15. The van der Waals surface area contributed by atoms with Crippen LogP contribution in [0, 0.1) is 5.41 Å². The normalized spacial score (nSPS) is 27.6. The summed E-state index contributed by atoms with van der Waals surface area (Å²) >= 11 is 1.98. The molecule has 1 aliphatic carbocycles. The fourth-order valence-electron chi connectivity index (χ4n) is 3.57. The first-order valence-corrected chi connectivity index (χ1v) is 10.2. The van der Waals surface area contributed by atoms with E-state index in [0.717, 1.165) is 26.1 Å². The summed E-state index contributed by atoms with van der Waals surface area (Å²) in [5, 5.41) is 3.80. The van der Waals surface area contributed by atoms with Crippen molar-refractivity contribution in [2.24, 2.45) is 5.41 Å². The van der Waals surface area contributed by atoms with Gasteiger partial charge in [0.05, 0.1) is 18.0 Å². The Bertz CT molecular complexity index is 631. The average molecular weight is 356 g/mol. The van der Waals surface area contributed by atoms with Crippen LogP contribution in [0.15, 0.2) is 65.6 Å². The number of allylic oxidation sites excluding steroid dienone is 6. The zero-order chi connectivity index (χ0) is 17.5. The molecule has 1 aliphatic heterocycles. The summed E-state index contributed by atoms with van der Waals surface area (Å²) in [6, 6.07) is 10.8. The topological polar surface area (TPSA) is 21.3 Å². The lowest BCUT2D eigenvalue weighted by Crippen LogP contribution is -2.41. The van der Waals surface area contributed by atoms with Gasteiger partial charge in [0, 0.05) is 18.5 Å². The molecular weight excluding hydrogens is 326 g/mol. The summed E-state index contributed by atoms with van der Waals surface area (Å²) in [6.07, 6.45) is 13.7. The molecule has 0 saturated carbocycles. The van der Waals surface area contributed by atoms with Crippen LogP contribution in [0.5, 0.6) is 0 Å². The van der Waals surface area contributed by atoms with Crippen molar-refractivity contribution in [3.63, 3.8) is 0 Å². The predicted molar refractivity (Wildman–Crippen MR) is 109 cm³/mol. The highest BCUT2D eigenvalue weighted by Crippen LogP contribution is 2.49.